The third-order valence-corrected chi connectivity index (χ3v) is 2.25. The summed E-state index contributed by atoms with van der Waals surface area (Å²) in [6.07, 6.45) is -6.40. The van der Waals surface area contributed by atoms with Gasteiger partial charge in [0.05, 0.1) is 0 Å². The van der Waals surface area contributed by atoms with Crippen LogP contribution in [-0.4, -0.2) is 48.6 Å². The van der Waals surface area contributed by atoms with Gasteiger partial charge in [-0.2, -0.15) is 13.2 Å². The molecule has 0 radical (unpaired) electrons. The van der Waals surface area contributed by atoms with E-state index >= 15 is 0 Å². The molecule has 0 aromatic rings. The Morgan fingerprint density at radius 3 is 1.93 bits per heavy atom. The first-order valence-corrected chi connectivity index (χ1v) is 4.36. The highest BCUT2D eigenvalue weighted by Gasteiger charge is 2.40. The molecule has 2 nitrogen and oxygen atoms in total. The van der Waals surface area contributed by atoms with Gasteiger partial charge in [0.25, 0.3) is 0 Å². The smallest absolute Gasteiger partial charge is 0.266 e. The van der Waals surface area contributed by atoms with Crippen LogP contribution in [0.15, 0.2) is 12.4 Å². The molecule has 1 atom stereocenters. The molecular formula is C8H11F5N2. The summed E-state index contributed by atoms with van der Waals surface area (Å²) < 4.78 is 61.8. The van der Waals surface area contributed by atoms with Crippen molar-refractivity contribution in [3.63, 3.8) is 0 Å². The largest absolute Gasteiger partial charge is 0.460 e. The van der Waals surface area contributed by atoms with Crippen LogP contribution in [-0.2, 0) is 0 Å². The van der Waals surface area contributed by atoms with E-state index in [0.717, 1.165) is 4.90 Å². The maximum atomic E-state index is 13.0. The summed E-state index contributed by atoms with van der Waals surface area (Å²) in [4.78, 5) is 1.27. The molecule has 1 saturated heterocycles. The van der Waals surface area contributed by atoms with Crippen molar-refractivity contribution in [1.82, 2.24) is 9.80 Å². The minimum Gasteiger partial charge on any atom is -0.266 e. The topological polar surface area (TPSA) is 6.48 Å². The van der Waals surface area contributed by atoms with Crippen molar-refractivity contribution in [3.05, 3.63) is 12.4 Å². The van der Waals surface area contributed by atoms with Gasteiger partial charge in [0.1, 0.15) is 5.83 Å². The predicted octanol–water partition coefficient (Wildman–Crippen LogP) is 1.90. The molecule has 7 heteroatoms. The molecule has 1 rings (SSSR count). The Labute approximate surface area is 83.9 Å². The van der Waals surface area contributed by atoms with E-state index in [1.165, 1.54) is 0 Å². The molecule has 0 aromatic heterocycles. The van der Waals surface area contributed by atoms with Crippen LogP contribution in [0.4, 0.5) is 22.0 Å². The van der Waals surface area contributed by atoms with E-state index in [-0.39, 0.29) is 31.1 Å². The summed E-state index contributed by atoms with van der Waals surface area (Å²) in [6.45, 7) is 1.75. The van der Waals surface area contributed by atoms with Gasteiger partial charge in [-0.05, 0) is 0 Å². The Morgan fingerprint density at radius 1 is 1.13 bits per heavy atom. The van der Waals surface area contributed by atoms with Crippen molar-refractivity contribution in [2.24, 2.45) is 0 Å². The van der Waals surface area contributed by atoms with Gasteiger partial charge in [0.15, 0.2) is 0 Å². The first-order valence-electron chi connectivity index (χ1n) is 4.36. The standard InChI is InChI=1S/C8H11F5N2/c1-6(9)7(10)14-2-4-15(5-3-14)8(11,12)13/h7H,1-5H2. The summed E-state index contributed by atoms with van der Waals surface area (Å²) in [6, 6.07) is 0. The highest BCUT2D eigenvalue weighted by molar-refractivity contribution is 4.91. The molecule has 0 amide bonds. The van der Waals surface area contributed by atoms with E-state index < -0.39 is 18.4 Å². The van der Waals surface area contributed by atoms with E-state index in [1.54, 1.807) is 0 Å². The average molecular weight is 230 g/mol. The second-order valence-corrected chi connectivity index (χ2v) is 3.27. The molecular weight excluding hydrogens is 219 g/mol. The summed E-state index contributed by atoms with van der Waals surface area (Å²) in [7, 11) is 0. The third-order valence-electron chi connectivity index (χ3n) is 2.25. The molecule has 1 heterocycles. The Balaban J connectivity index is 2.46. The van der Waals surface area contributed by atoms with E-state index in [1.807, 2.05) is 0 Å². The molecule has 15 heavy (non-hydrogen) atoms. The van der Waals surface area contributed by atoms with Gasteiger partial charge in [0, 0.05) is 26.2 Å². The maximum absolute atomic E-state index is 13.0. The summed E-state index contributed by atoms with van der Waals surface area (Å²) >= 11 is 0. The molecule has 1 fully saturated rings. The second kappa shape index (κ2) is 4.44. The maximum Gasteiger partial charge on any atom is 0.460 e. The van der Waals surface area contributed by atoms with Crippen LogP contribution in [0.2, 0.25) is 0 Å². The Morgan fingerprint density at radius 2 is 1.60 bits per heavy atom. The first-order chi connectivity index (χ1) is 6.82. The zero-order valence-electron chi connectivity index (χ0n) is 7.90. The lowest BCUT2D eigenvalue weighted by molar-refractivity contribution is -0.254. The number of rotatable bonds is 2. The molecule has 0 bridgehead atoms. The van der Waals surface area contributed by atoms with Crippen molar-refractivity contribution in [2.45, 2.75) is 12.6 Å². The molecule has 88 valence electrons. The van der Waals surface area contributed by atoms with E-state index in [2.05, 4.69) is 6.58 Å². The minimum absolute atomic E-state index is 0.163. The Bertz CT molecular complexity index is 232. The van der Waals surface area contributed by atoms with Crippen LogP contribution in [0.3, 0.4) is 0 Å². The molecule has 0 spiro atoms. The normalized spacial score (nSPS) is 22.7. The lowest BCUT2D eigenvalue weighted by Gasteiger charge is -2.36. The number of nitrogens with zero attached hydrogens (tertiary/aromatic N) is 2. The van der Waals surface area contributed by atoms with Crippen LogP contribution in [0.25, 0.3) is 0 Å². The third kappa shape index (κ3) is 3.13. The zero-order valence-corrected chi connectivity index (χ0v) is 7.90. The van der Waals surface area contributed by atoms with E-state index in [4.69, 9.17) is 0 Å². The van der Waals surface area contributed by atoms with Crippen molar-refractivity contribution in [3.8, 4) is 0 Å². The fourth-order valence-electron chi connectivity index (χ4n) is 1.40. The lowest BCUT2D eigenvalue weighted by atomic mass is 10.3. The van der Waals surface area contributed by atoms with Gasteiger partial charge in [-0.15, -0.1) is 0 Å². The zero-order chi connectivity index (χ0) is 11.6. The van der Waals surface area contributed by atoms with Crippen molar-refractivity contribution in [2.75, 3.05) is 26.2 Å². The number of alkyl halides is 4. The fraction of sp³-hybridized carbons (Fsp3) is 0.750. The monoisotopic (exact) mass is 230 g/mol. The van der Waals surface area contributed by atoms with E-state index in [0.29, 0.717) is 0 Å². The van der Waals surface area contributed by atoms with Gasteiger partial charge < -0.3 is 0 Å². The van der Waals surface area contributed by atoms with Crippen LogP contribution < -0.4 is 0 Å². The Kier molecular flexibility index (Phi) is 3.67. The fourth-order valence-corrected chi connectivity index (χ4v) is 1.40. The van der Waals surface area contributed by atoms with Gasteiger partial charge in [-0.3, -0.25) is 4.90 Å². The number of piperazine rings is 1. The first kappa shape index (κ1) is 12.4. The molecule has 0 saturated carbocycles. The van der Waals surface area contributed by atoms with Gasteiger partial charge in [0.2, 0.25) is 6.30 Å². The van der Waals surface area contributed by atoms with Crippen molar-refractivity contribution >= 4 is 0 Å². The number of hydrogen-bond donors (Lipinski definition) is 0. The number of hydrogen-bond acceptors (Lipinski definition) is 2. The molecule has 0 aliphatic carbocycles. The van der Waals surface area contributed by atoms with Gasteiger partial charge >= 0.3 is 6.30 Å². The summed E-state index contributed by atoms with van der Waals surface area (Å²) in [5.74, 6) is -1.17. The minimum atomic E-state index is -4.40. The van der Waals surface area contributed by atoms with Crippen LogP contribution in [0, 0.1) is 0 Å². The highest BCUT2D eigenvalue weighted by atomic mass is 19.4. The number of halogens is 5. The average Bonchev–Trinajstić information content (AvgIpc) is 2.15. The summed E-state index contributed by atoms with van der Waals surface area (Å²) in [5, 5.41) is 0. The van der Waals surface area contributed by atoms with Gasteiger partial charge in [-0.1, -0.05) is 6.58 Å². The van der Waals surface area contributed by atoms with Gasteiger partial charge in [-0.25, -0.2) is 13.7 Å². The van der Waals surface area contributed by atoms with Crippen LogP contribution >= 0.6 is 0 Å². The molecule has 0 aromatic carbocycles. The molecule has 1 aliphatic rings. The van der Waals surface area contributed by atoms with Crippen LogP contribution in [0.1, 0.15) is 0 Å². The second-order valence-electron chi connectivity index (χ2n) is 3.27. The Hall–Kier alpha value is -0.690. The lowest BCUT2D eigenvalue weighted by Crippen LogP contribution is -2.53. The van der Waals surface area contributed by atoms with Crippen molar-refractivity contribution < 1.29 is 22.0 Å². The molecule has 1 aliphatic heterocycles. The SMILES string of the molecule is C=C(F)C(F)N1CCN(C(F)(F)F)CC1. The van der Waals surface area contributed by atoms with E-state index in [9.17, 15) is 22.0 Å². The van der Waals surface area contributed by atoms with Crippen LogP contribution in [0.5, 0.6) is 0 Å². The quantitative estimate of drug-likeness (QED) is 0.528. The molecule has 1 unspecified atom stereocenters. The highest BCUT2D eigenvalue weighted by Crippen LogP contribution is 2.24. The molecule has 0 N–H and O–H groups in total. The summed E-state index contributed by atoms with van der Waals surface area (Å²) in [5.41, 5.74) is 0. The van der Waals surface area contributed by atoms with Crippen molar-refractivity contribution in [1.29, 1.82) is 0 Å². The predicted molar refractivity (Wildman–Crippen MR) is 44.3 cm³/mol.